The quantitative estimate of drug-likeness (QED) is 0.596. The number of ether oxygens (including phenoxy) is 1. The largest absolute Gasteiger partial charge is 0.494 e. The van der Waals surface area contributed by atoms with Crippen molar-refractivity contribution in [1.82, 2.24) is 10.2 Å². The van der Waals surface area contributed by atoms with Crippen LogP contribution in [-0.2, 0) is 6.54 Å². The summed E-state index contributed by atoms with van der Waals surface area (Å²) in [5.41, 5.74) is 1.74. The maximum atomic E-state index is 13.8. The van der Waals surface area contributed by atoms with Crippen LogP contribution in [0.5, 0.6) is 5.75 Å². The summed E-state index contributed by atoms with van der Waals surface area (Å²) in [4.78, 5) is 0. The summed E-state index contributed by atoms with van der Waals surface area (Å²) in [7, 11) is 1.41. The highest BCUT2D eigenvalue weighted by Crippen LogP contribution is 2.26. The molecule has 1 aromatic heterocycles. The molecule has 0 saturated carbocycles. The minimum Gasteiger partial charge on any atom is -0.494 e. The number of rotatable bonds is 6. The van der Waals surface area contributed by atoms with Gasteiger partial charge < -0.3 is 15.4 Å². The number of nitriles is 1. The smallest absolute Gasteiger partial charge is 0.168 e. The van der Waals surface area contributed by atoms with Crippen molar-refractivity contribution < 1.29 is 9.13 Å². The van der Waals surface area contributed by atoms with E-state index in [0.29, 0.717) is 34.3 Å². The molecular weight excluding hydrogens is 357 g/mol. The zero-order valence-corrected chi connectivity index (χ0v) is 14.6. The van der Waals surface area contributed by atoms with Crippen molar-refractivity contribution in [1.29, 1.82) is 5.26 Å². The van der Waals surface area contributed by atoms with Gasteiger partial charge >= 0.3 is 0 Å². The molecule has 6 nitrogen and oxygen atoms in total. The van der Waals surface area contributed by atoms with Gasteiger partial charge in [-0.3, -0.25) is 5.10 Å². The van der Waals surface area contributed by atoms with Crippen LogP contribution in [0.15, 0.2) is 42.5 Å². The number of aromatic amines is 1. The van der Waals surface area contributed by atoms with Crippen molar-refractivity contribution >= 4 is 28.9 Å². The van der Waals surface area contributed by atoms with E-state index in [1.165, 1.54) is 13.2 Å². The fourth-order valence-corrected chi connectivity index (χ4v) is 2.58. The number of hydrogen-bond acceptors (Lipinski definition) is 5. The van der Waals surface area contributed by atoms with Gasteiger partial charge in [0, 0.05) is 17.3 Å². The van der Waals surface area contributed by atoms with E-state index in [1.807, 2.05) is 6.07 Å². The molecule has 0 aliphatic heterocycles. The third-order valence-electron chi connectivity index (χ3n) is 3.65. The van der Waals surface area contributed by atoms with Crippen LogP contribution >= 0.6 is 11.6 Å². The summed E-state index contributed by atoms with van der Waals surface area (Å²) in [6.45, 7) is 0.303. The van der Waals surface area contributed by atoms with E-state index >= 15 is 0 Å². The monoisotopic (exact) mass is 371 g/mol. The first kappa shape index (κ1) is 17.6. The van der Waals surface area contributed by atoms with Crippen molar-refractivity contribution in [3.63, 3.8) is 0 Å². The number of nitrogens with one attached hydrogen (secondary N) is 3. The van der Waals surface area contributed by atoms with Gasteiger partial charge in [0.15, 0.2) is 17.4 Å². The van der Waals surface area contributed by atoms with Gasteiger partial charge in [-0.05, 0) is 35.9 Å². The molecular formula is C18H15ClFN5O. The van der Waals surface area contributed by atoms with Gasteiger partial charge in [-0.15, -0.1) is 0 Å². The minimum atomic E-state index is -0.447. The number of benzene rings is 2. The van der Waals surface area contributed by atoms with Crippen molar-refractivity contribution in [2.45, 2.75) is 6.54 Å². The van der Waals surface area contributed by atoms with Gasteiger partial charge in [0.1, 0.15) is 17.5 Å². The van der Waals surface area contributed by atoms with E-state index in [-0.39, 0.29) is 5.75 Å². The SMILES string of the molecule is COc1ccc(CNc2n[nH]c(Nc3cccc(Cl)c3)c2C#N)cc1F. The maximum absolute atomic E-state index is 13.8. The molecule has 8 heteroatoms. The molecule has 26 heavy (non-hydrogen) atoms. The number of hydrogen-bond donors (Lipinski definition) is 3. The van der Waals surface area contributed by atoms with E-state index in [9.17, 15) is 9.65 Å². The fraction of sp³-hybridized carbons (Fsp3) is 0.111. The van der Waals surface area contributed by atoms with Crippen LogP contribution in [0.2, 0.25) is 5.02 Å². The molecule has 3 aromatic rings. The lowest BCUT2D eigenvalue weighted by Gasteiger charge is -2.07. The second kappa shape index (κ2) is 7.76. The van der Waals surface area contributed by atoms with Gasteiger partial charge in [0.05, 0.1) is 7.11 Å². The fourth-order valence-electron chi connectivity index (χ4n) is 2.39. The van der Waals surface area contributed by atoms with Crippen molar-refractivity contribution in [2.75, 3.05) is 17.7 Å². The average molecular weight is 372 g/mol. The summed E-state index contributed by atoms with van der Waals surface area (Å²) in [6.07, 6.45) is 0. The summed E-state index contributed by atoms with van der Waals surface area (Å²) in [6, 6.07) is 13.9. The Morgan fingerprint density at radius 3 is 2.85 bits per heavy atom. The van der Waals surface area contributed by atoms with Crippen LogP contribution in [0, 0.1) is 17.1 Å². The molecule has 132 valence electrons. The lowest BCUT2D eigenvalue weighted by Crippen LogP contribution is -2.02. The average Bonchev–Trinajstić information content (AvgIpc) is 3.01. The normalized spacial score (nSPS) is 10.2. The Hall–Kier alpha value is -3.24. The predicted octanol–water partition coefficient (Wildman–Crippen LogP) is 4.44. The number of aromatic nitrogens is 2. The van der Waals surface area contributed by atoms with Gasteiger partial charge in [-0.2, -0.15) is 10.4 Å². The Morgan fingerprint density at radius 1 is 1.31 bits per heavy atom. The van der Waals surface area contributed by atoms with Gasteiger partial charge in [0.25, 0.3) is 0 Å². The van der Waals surface area contributed by atoms with Crippen molar-refractivity contribution in [2.24, 2.45) is 0 Å². The molecule has 0 fully saturated rings. The first-order chi connectivity index (χ1) is 12.6. The Kier molecular flexibility index (Phi) is 5.25. The zero-order valence-electron chi connectivity index (χ0n) is 13.8. The number of nitrogens with zero attached hydrogens (tertiary/aromatic N) is 2. The summed E-state index contributed by atoms with van der Waals surface area (Å²) >= 11 is 5.96. The predicted molar refractivity (Wildman–Crippen MR) is 98.3 cm³/mol. The Balaban J connectivity index is 1.74. The molecule has 0 radical (unpaired) electrons. The number of methoxy groups -OCH3 is 1. The van der Waals surface area contributed by atoms with Crippen LogP contribution in [0.1, 0.15) is 11.1 Å². The second-order valence-corrected chi connectivity index (χ2v) is 5.83. The lowest BCUT2D eigenvalue weighted by molar-refractivity contribution is 0.386. The molecule has 0 saturated heterocycles. The third-order valence-corrected chi connectivity index (χ3v) is 3.88. The summed E-state index contributed by atoms with van der Waals surface area (Å²) in [5, 5.41) is 23.0. The van der Waals surface area contributed by atoms with Crippen LogP contribution in [0.3, 0.4) is 0 Å². The van der Waals surface area contributed by atoms with E-state index in [4.69, 9.17) is 16.3 Å². The lowest BCUT2D eigenvalue weighted by atomic mass is 10.2. The number of H-pyrrole nitrogens is 1. The van der Waals surface area contributed by atoms with Crippen LogP contribution in [-0.4, -0.2) is 17.3 Å². The Labute approximate surface area is 154 Å². The van der Waals surface area contributed by atoms with E-state index in [2.05, 4.69) is 26.9 Å². The molecule has 0 unspecified atom stereocenters. The van der Waals surface area contributed by atoms with E-state index < -0.39 is 5.82 Å². The molecule has 0 aliphatic carbocycles. The highest BCUT2D eigenvalue weighted by atomic mass is 35.5. The van der Waals surface area contributed by atoms with Crippen molar-refractivity contribution in [3.05, 3.63) is 64.4 Å². The van der Waals surface area contributed by atoms with E-state index in [0.717, 1.165) is 5.69 Å². The molecule has 3 N–H and O–H groups in total. The van der Waals surface area contributed by atoms with Crippen LogP contribution in [0.4, 0.5) is 21.7 Å². The van der Waals surface area contributed by atoms with Gasteiger partial charge in [-0.25, -0.2) is 4.39 Å². The topological polar surface area (TPSA) is 85.8 Å². The minimum absolute atomic E-state index is 0.180. The summed E-state index contributed by atoms with van der Waals surface area (Å²) in [5.74, 6) is 0.545. The van der Waals surface area contributed by atoms with E-state index in [1.54, 1.807) is 30.3 Å². The highest BCUT2D eigenvalue weighted by molar-refractivity contribution is 6.30. The summed E-state index contributed by atoms with van der Waals surface area (Å²) < 4.78 is 18.6. The van der Waals surface area contributed by atoms with Gasteiger partial charge in [0.2, 0.25) is 0 Å². The molecule has 0 spiro atoms. The Bertz CT molecular complexity index is 966. The molecule has 0 bridgehead atoms. The number of anilines is 3. The molecule has 0 amide bonds. The first-order valence-corrected chi connectivity index (χ1v) is 8.06. The second-order valence-electron chi connectivity index (χ2n) is 5.39. The van der Waals surface area contributed by atoms with Gasteiger partial charge in [-0.1, -0.05) is 23.7 Å². The Morgan fingerprint density at radius 2 is 2.15 bits per heavy atom. The maximum Gasteiger partial charge on any atom is 0.168 e. The third kappa shape index (κ3) is 3.87. The molecule has 0 aliphatic rings. The van der Waals surface area contributed by atoms with Crippen LogP contribution < -0.4 is 15.4 Å². The molecule has 0 atom stereocenters. The molecule has 1 heterocycles. The highest BCUT2D eigenvalue weighted by Gasteiger charge is 2.13. The standard InChI is InChI=1S/C18H15ClFN5O/c1-26-16-6-5-11(7-15(16)20)10-22-17-14(9-21)18(25-24-17)23-13-4-2-3-12(19)8-13/h2-8H,10H2,1H3,(H3,22,23,24,25). The van der Waals surface area contributed by atoms with Crippen LogP contribution in [0.25, 0.3) is 0 Å². The molecule has 3 rings (SSSR count). The zero-order chi connectivity index (χ0) is 18.5. The first-order valence-electron chi connectivity index (χ1n) is 7.68. The molecule has 2 aromatic carbocycles. The van der Waals surface area contributed by atoms with Crippen molar-refractivity contribution in [3.8, 4) is 11.8 Å². The number of halogens is 2.